The van der Waals surface area contributed by atoms with Gasteiger partial charge in [0.25, 0.3) is 0 Å². The molecule has 0 aliphatic rings. The zero-order valence-corrected chi connectivity index (χ0v) is 23.5. The fraction of sp³-hybridized carbons (Fsp3) is 0.630. The van der Waals surface area contributed by atoms with Gasteiger partial charge in [0.05, 0.1) is 37.5 Å². The van der Waals surface area contributed by atoms with Gasteiger partial charge in [0.1, 0.15) is 33.8 Å². The third kappa shape index (κ3) is 9.21. The first-order valence-corrected chi connectivity index (χ1v) is 12.2. The highest BCUT2D eigenvalue weighted by Gasteiger charge is 2.26. The molecule has 0 amide bonds. The molecule has 0 aliphatic heterocycles. The van der Waals surface area contributed by atoms with Crippen molar-refractivity contribution in [2.24, 2.45) is 5.41 Å². The quantitative estimate of drug-likeness (QED) is 0.157. The molecule has 0 N–H and O–H groups in total. The maximum Gasteiger partial charge on any atom is 0.311 e. The summed E-state index contributed by atoms with van der Waals surface area (Å²) < 4.78 is 49.3. The summed E-state index contributed by atoms with van der Waals surface area (Å²) >= 11 is 0. The van der Waals surface area contributed by atoms with Gasteiger partial charge in [-0.2, -0.15) is 0 Å². The summed E-state index contributed by atoms with van der Waals surface area (Å²) in [7, 11) is 6.24. The second-order valence-corrected chi connectivity index (χ2v) is 9.44. The van der Waals surface area contributed by atoms with Gasteiger partial charge in [-0.1, -0.05) is 0 Å². The maximum absolute atomic E-state index is 12.6. The zero-order valence-electron chi connectivity index (χ0n) is 23.5. The highest BCUT2D eigenvalue weighted by atomic mass is 16.7. The molecule has 0 spiro atoms. The number of hydrogen-bond acceptors (Lipinski definition) is 11. The lowest BCUT2D eigenvalue weighted by molar-refractivity contribution is -0.154. The number of carbonyl (C=O) groups is 1. The van der Waals surface area contributed by atoms with Crippen LogP contribution in [0.15, 0.2) is 12.3 Å². The van der Waals surface area contributed by atoms with Crippen LogP contribution < -0.4 is 0 Å². The molecule has 2 aromatic rings. The Kier molecular flexibility index (Phi) is 14.0. The molecule has 0 atom stereocenters. The predicted octanol–water partition coefficient (Wildman–Crippen LogP) is 3.81. The van der Waals surface area contributed by atoms with Crippen LogP contribution in [0, 0.1) is 5.41 Å². The smallest absolute Gasteiger partial charge is 0.311 e. The lowest BCUT2D eigenvalue weighted by Gasteiger charge is -2.24. The minimum atomic E-state index is -0.654. The second kappa shape index (κ2) is 16.7. The van der Waals surface area contributed by atoms with Gasteiger partial charge in [-0.3, -0.25) is 9.78 Å². The third-order valence-corrected chi connectivity index (χ3v) is 5.49. The summed E-state index contributed by atoms with van der Waals surface area (Å²) in [5, 5.41) is 1.65. The Morgan fingerprint density at radius 2 is 1.13 bits per heavy atom. The van der Waals surface area contributed by atoms with Gasteiger partial charge in [-0.05, 0) is 54.5 Å². The molecule has 0 saturated heterocycles. The monoisotopic (exact) mass is 539 g/mol. The van der Waals surface area contributed by atoms with Crippen molar-refractivity contribution < 1.29 is 47.4 Å². The first-order valence-electron chi connectivity index (χ1n) is 12.2. The Morgan fingerprint density at radius 1 is 0.684 bits per heavy atom. The highest BCUT2D eigenvalue weighted by molar-refractivity contribution is 5.93. The van der Waals surface area contributed by atoms with E-state index in [0.717, 1.165) is 33.0 Å². The molecule has 1 aromatic heterocycles. The fourth-order valence-corrected chi connectivity index (χ4v) is 3.81. The van der Waals surface area contributed by atoms with Crippen molar-refractivity contribution >= 4 is 16.7 Å². The van der Waals surface area contributed by atoms with Gasteiger partial charge >= 0.3 is 5.97 Å². The molecule has 214 valence electrons. The number of ether oxygens (including phenoxy) is 9. The molecular weight excluding hydrogens is 498 g/mol. The predicted molar refractivity (Wildman–Crippen MR) is 138 cm³/mol. The van der Waals surface area contributed by atoms with E-state index in [2.05, 4.69) is 4.98 Å². The number of benzene rings is 1. The van der Waals surface area contributed by atoms with Crippen LogP contribution in [0.1, 0.15) is 48.7 Å². The minimum Gasteiger partial charge on any atom is -0.459 e. The largest absolute Gasteiger partial charge is 0.459 e. The lowest BCUT2D eigenvalue weighted by Crippen LogP contribution is -2.23. The number of esters is 1. The summed E-state index contributed by atoms with van der Waals surface area (Å²) in [5.41, 5.74) is 3.30. The van der Waals surface area contributed by atoms with Crippen LogP contribution in [-0.4, -0.2) is 66.6 Å². The normalized spacial score (nSPS) is 11.9. The van der Waals surface area contributed by atoms with E-state index in [-0.39, 0.29) is 66.2 Å². The van der Waals surface area contributed by atoms with Gasteiger partial charge in [-0.15, -0.1) is 0 Å². The molecule has 0 unspecified atom stereocenters. The number of rotatable bonds is 18. The Morgan fingerprint density at radius 3 is 1.61 bits per heavy atom. The van der Waals surface area contributed by atoms with Gasteiger partial charge in [0.15, 0.2) is 0 Å². The van der Waals surface area contributed by atoms with E-state index in [1.165, 1.54) is 0 Å². The molecular formula is C27H41NO10. The number of methoxy groups -OCH3 is 4. The molecule has 0 saturated carbocycles. The number of fused-ring (bicyclic) bond motifs is 1. The van der Waals surface area contributed by atoms with Crippen LogP contribution in [0.5, 0.6) is 0 Å². The molecule has 0 aliphatic carbocycles. The van der Waals surface area contributed by atoms with Crippen LogP contribution >= 0.6 is 0 Å². The van der Waals surface area contributed by atoms with E-state index in [9.17, 15) is 4.79 Å². The third-order valence-electron chi connectivity index (χ3n) is 5.49. The number of aromatic nitrogens is 1. The average molecular weight is 540 g/mol. The summed E-state index contributed by atoms with van der Waals surface area (Å²) in [6.07, 6.45) is 1.68. The number of nitrogens with zero attached hydrogens (tertiary/aromatic N) is 1. The molecule has 1 aromatic carbocycles. The second-order valence-electron chi connectivity index (χ2n) is 9.44. The number of pyridine rings is 1. The molecule has 11 nitrogen and oxygen atoms in total. The first-order chi connectivity index (χ1) is 18.3. The van der Waals surface area contributed by atoms with E-state index in [4.69, 9.17) is 42.6 Å². The van der Waals surface area contributed by atoms with Crippen molar-refractivity contribution in [3.63, 3.8) is 0 Å². The molecule has 11 heteroatoms. The van der Waals surface area contributed by atoms with E-state index >= 15 is 0 Å². The van der Waals surface area contributed by atoms with Gasteiger partial charge in [0.2, 0.25) is 0 Å². The maximum atomic E-state index is 12.6. The SMILES string of the molecule is COCOCc1c(COCOC)c(COCOC)c2c(COC(=O)C(C)(C)C)nccc2c1COCOC. The van der Waals surface area contributed by atoms with E-state index in [0.29, 0.717) is 5.69 Å². The Labute approximate surface area is 224 Å². The lowest BCUT2D eigenvalue weighted by atomic mass is 9.89. The van der Waals surface area contributed by atoms with Crippen molar-refractivity contribution in [2.75, 3.05) is 55.6 Å². The van der Waals surface area contributed by atoms with E-state index in [1.807, 2.05) is 6.07 Å². The van der Waals surface area contributed by atoms with Crippen molar-refractivity contribution in [3.8, 4) is 0 Å². The summed E-state index contributed by atoms with van der Waals surface area (Å²) in [6.45, 7) is 6.65. The van der Waals surface area contributed by atoms with Crippen molar-refractivity contribution in [1.29, 1.82) is 0 Å². The Balaban J connectivity index is 2.77. The van der Waals surface area contributed by atoms with Gasteiger partial charge in [-0.25, -0.2) is 0 Å². The summed E-state index contributed by atoms with van der Waals surface area (Å²) in [6, 6.07) is 1.90. The van der Waals surface area contributed by atoms with Crippen LogP contribution in [0.2, 0.25) is 0 Å². The fourth-order valence-electron chi connectivity index (χ4n) is 3.81. The number of hydrogen-bond donors (Lipinski definition) is 0. The average Bonchev–Trinajstić information content (AvgIpc) is 2.89. The highest BCUT2D eigenvalue weighted by Crippen LogP contribution is 2.35. The molecule has 0 fully saturated rings. The van der Waals surface area contributed by atoms with Crippen molar-refractivity contribution in [3.05, 3.63) is 40.2 Å². The van der Waals surface area contributed by atoms with Crippen molar-refractivity contribution in [2.45, 2.75) is 53.8 Å². The van der Waals surface area contributed by atoms with E-state index < -0.39 is 5.41 Å². The molecule has 1 heterocycles. The standard InChI is InChI=1S/C27H41NO10/c1-27(2,3)26(29)38-14-24-25-19(8-9-28-24)20(10-34-15-30-4)21(11-35-16-31-5)22(12-36-17-32-6)23(25)13-37-18-33-7/h8-9H,10-18H2,1-7H3. The van der Waals surface area contributed by atoms with E-state index in [1.54, 1.807) is 55.4 Å². The van der Waals surface area contributed by atoms with Crippen LogP contribution in [-0.2, 0) is 80.5 Å². The van der Waals surface area contributed by atoms with Crippen LogP contribution in [0.25, 0.3) is 10.8 Å². The minimum absolute atomic E-state index is 0.0129. The van der Waals surface area contributed by atoms with Crippen LogP contribution in [0.3, 0.4) is 0 Å². The molecule has 0 radical (unpaired) electrons. The Hall–Kier alpha value is -2.22. The molecule has 0 bridgehead atoms. The summed E-state index contributed by atoms with van der Waals surface area (Å²) in [5.74, 6) is -0.328. The number of carbonyl (C=O) groups excluding carboxylic acids is 1. The first kappa shape index (κ1) is 32.0. The topological polar surface area (TPSA) is 113 Å². The Bertz CT molecular complexity index is 1010. The summed E-state index contributed by atoms with van der Waals surface area (Å²) in [4.78, 5) is 17.1. The molecule has 38 heavy (non-hydrogen) atoms. The molecule has 2 rings (SSSR count). The van der Waals surface area contributed by atoms with Crippen molar-refractivity contribution in [1.82, 2.24) is 4.98 Å². The zero-order chi connectivity index (χ0) is 28.0. The van der Waals surface area contributed by atoms with Gasteiger partial charge < -0.3 is 42.6 Å². The van der Waals surface area contributed by atoms with Crippen LogP contribution in [0.4, 0.5) is 0 Å². The van der Waals surface area contributed by atoms with Gasteiger partial charge in [0, 0.05) is 40.0 Å².